The second-order valence-corrected chi connectivity index (χ2v) is 19.5. The van der Waals surface area contributed by atoms with Gasteiger partial charge in [0.2, 0.25) is 5.91 Å². The van der Waals surface area contributed by atoms with E-state index in [0.29, 0.717) is 12.8 Å². The van der Waals surface area contributed by atoms with Crippen molar-refractivity contribution in [1.82, 2.24) is 5.32 Å². The van der Waals surface area contributed by atoms with Crippen LogP contribution in [0.2, 0.25) is 0 Å². The average Bonchev–Trinajstić information content (AvgIpc) is 3.34. The van der Waals surface area contributed by atoms with Crippen LogP contribution in [-0.4, -0.2) is 64.9 Å². The SMILES string of the molecule is CC/C=C\C/C=C\C/C=C\C/C=C\C/C=C\CCCCCCCCCC(=O)OCC(O)COP(=O)(O)OCC(NC(=O)CCCCCCCCCCCC/C=C\C/C=C\C/C=C\CCCCC)C(=O)O. The van der Waals surface area contributed by atoms with Gasteiger partial charge in [-0.15, -0.1) is 0 Å². The molecule has 0 rings (SSSR count). The molecule has 0 saturated heterocycles. The Morgan fingerprint density at radius 1 is 0.471 bits per heavy atom. The lowest BCUT2D eigenvalue weighted by atomic mass is 10.0. The van der Waals surface area contributed by atoms with E-state index in [4.69, 9.17) is 13.8 Å². The molecule has 0 aliphatic rings. The van der Waals surface area contributed by atoms with Crippen LogP contribution in [0.25, 0.3) is 0 Å². The van der Waals surface area contributed by atoms with Crippen molar-refractivity contribution in [1.29, 1.82) is 0 Å². The highest BCUT2D eigenvalue weighted by Crippen LogP contribution is 2.43. The Bertz CT molecular complexity index is 1550. The van der Waals surface area contributed by atoms with Gasteiger partial charge < -0.3 is 25.2 Å². The molecule has 11 nitrogen and oxygen atoms in total. The number of unbranched alkanes of at least 4 members (excludes halogenated alkanes) is 20. The molecule has 0 aromatic rings. The Morgan fingerprint density at radius 3 is 1.24 bits per heavy atom. The second kappa shape index (κ2) is 51.7. The summed E-state index contributed by atoms with van der Waals surface area (Å²) in [5.41, 5.74) is 0. The van der Waals surface area contributed by atoms with E-state index in [1.807, 2.05) is 0 Å². The molecule has 3 unspecified atom stereocenters. The molecule has 400 valence electrons. The van der Waals surface area contributed by atoms with Gasteiger partial charge in [-0.25, -0.2) is 9.36 Å². The fourth-order valence-electron chi connectivity index (χ4n) is 7.17. The van der Waals surface area contributed by atoms with Crippen LogP contribution in [0.3, 0.4) is 0 Å². The zero-order chi connectivity index (χ0) is 51.3. The summed E-state index contributed by atoms with van der Waals surface area (Å²) in [6.07, 6.45) is 67.0. The lowest BCUT2D eigenvalue weighted by Gasteiger charge is -2.18. The maximum absolute atomic E-state index is 12.4. The summed E-state index contributed by atoms with van der Waals surface area (Å²) in [6.45, 7) is 2.46. The molecular formula is C58H98NO10P. The summed E-state index contributed by atoms with van der Waals surface area (Å²) in [4.78, 5) is 46.2. The summed E-state index contributed by atoms with van der Waals surface area (Å²) in [6, 6.07) is -1.56. The van der Waals surface area contributed by atoms with Crippen LogP contribution in [0.5, 0.6) is 0 Å². The normalized spacial score (nSPS) is 14.2. The van der Waals surface area contributed by atoms with Crippen molar-refractivity contribution in [3.63, 3.8) is 0 Å². The van der Waals surface area contributed by atoms with Gasteiger partial charge >= 0.3 is 19.8 Å². The maximum atomic E-state index is 12.4. The molecule has 0 fully saturated rings. The molecular weight excluding hydrogens is 902 g/mol. The molecule has 0 aromatic carbocycles. The van der Waals surface area contributed by atoms with Gasteiger partial charge in [-0.3, -0.25) is 18.6 Å². The Balaban J connectivity index is 3.85. The number of hydrogen-bond acceptors (Lipinski definition) is 8. The number of aliphatic carboxylic acids is 1. The van der Waals surface area contributed by atoms with Gasteiger partial charge in [-0.1, -0.05) is 207 Å². The highest BCUT2D eigenvalue weighted by atomic mass is 31.2. The van der Waals surface area contributed by atoms with E-state index in [-0.39, 0.29) is 12.8 Å². The second-order valence-electron chi connectivity index (χ2n) is 18.0. The minimum Gasteiger partial charge on any atom is -0.480 e. The van der Waals surface area contributed by atoms with E-state index in [9.17, 15) is 34.1 Å². The van der Waals surface area contributed by atoms with E-state index in [0.717, 1.165) is 109 Å². The number of aliphatic hydroxyl groups excluding tert-OH is 1. The number of carboxylic acids is 1. The first-order valence-electron chi connectivity index (χ1n) is 27.3. The van der Waals surface area contributed by atoms with Crippen LogP contribution in [0.4, 0.5) is 0 Å². The summed E-state index contributed by atoms with van der Waals surface area (Å²) >= 11 is 0. The monoisotopic (exact) mass is 1000 g/mol. The third-order valence-corrected chi connectivity index (χ3v) is 12.3. The number of carboxylic acid groups (broad SMARTS) is 1. The van der Waals surface area contributed by atoms with Crippen molar-refractivity contribution < 1.29 is 47.8 Å². The predicted octanol–water partition coefficient (Wildman–Crippen LogP) is 15.6. The standard InChI is InChI=1S/C58H98NO10P/c1-3-5-7-9-11-13-15-17-19-21-23-25-27-29-31-33-35-37-39-41-43-45-47-49-56(61)59-55(58(63)64)53-69-70(65,66)68-52-54(60)51-67-57(62)50-48-46-44-42-40-38-36-34-32-30-28-26-24-22-20-18-16-14-12-10-8-6-4-2/h6,8,11-14,17-20,23-26,30,32,54-55,60H,3-5,7,9-10,15-16,21-22,27-29,31,33-53H2,1-2H3,(H,59,61)(H,63,64)(H,65,66)/b8-6-,13-11-,14-12-,19-17-,20-18-,25-23-,26-24-,32-30-. The van der Waals surface area contributed by atoms with Gasteiger partial charge in [0.15, 0.2) is 6.04 Å². The number of phosphoric ester groups is 1. The number of carbonyl (C=O) groups is 3. The molecule has 0 bridgehead atoms. The number of esters is 1. The Kier molecular flexibility index (Phi) is 49.1. The molecule has 0 saturated carbocycles. The predicted molar refractivity (Wildman–Crippen MR) is 290 cm³/mol. The molecule has 0 radical (unpaired) electrons. The molecule has 1 amide bonds. The van der Waals surface area contributed by atoms with Crippen molar-refractivity contribution >= 4 is 25.7 Å². The molecule has 0 spiro atoms. The van der Waals surface area contributed by atoms with E-state index in [1.165, 1.54) is 70.6 Å². The molecule has 0 heterocycles. The minimum absolute atomic E-state index is 0.136. The number of amides is 1. The highest BCUT2D eigenvalue weighted by molar-refractivity contribution is 7.47. The minimum atomic E-state index is -4.78. The van der Waals surface area contributed by atoms with E-state index < -0.39 is 57.6 Å². The van der Waals surface area contributed by atoms with Crippen LogP contribution in [0, 0.1) is 0 Å². The van der Waals surface area contributed by atoms with Gasteiger partial charge in [0.1, 0.15) is 12.7 Å². The first-order valence-corrected chi connectivity index (χ1v) is 28.8. The fourth-order valence-corrected chi connectivity index (χ4v) is 7.95. The lowest BCUT2D eigenvalue weighted by molar-refractivity contribution is -0.147. The van der Waals surface area contributed by atoms with Crippen molar-refractivity contribution in [2.45, 2.75) is 231 Å². The third kappa shape index (κ3) is 50.8. The lowest BCUT2D eigenvalue weighted by Crippen LogP contribution is -2.43. The number of hydrogen-bond donors (Lipinski definition) is 4. The number of nitrogens with one attached hydrogen (secondary N) is 1. The van der Waals surface area contributed by atoms with Crippen LogP contribution < -0.4 is 5.32 Å². The summed E-state index contributed by atoms with van der Waals surface area (Å²) in [7, 11) is -4.78. The van der Waals surface area contributed by atoms with Gasteiger partial charge in [0.05, 0.1) is 13.2 Å². The molecule has 4 N–H and O–H groups in total. The third-order valence-electron chi connectivity index (χ3n) is 11.4. The van der Waals surface area contributed by atoms with Crippen molar-refractivity contribution in [2.24, 2.45) is 0 Å². The first kappa shape index (κ1) is 66.4. The van der Waals surface area contributed by atoms with Crippen molar-refractivity contribution in [3.8, 4) is 0 Å². The van der Waals surface area contributed by atoms with Crippen LogP contribution >= 0.6 is 7.82 Å². The number of aliphatic hydroxyl groups is 1. The van der Waals surface area contributed by atoms with Crippen LogP contribution in [0.15, 0.2) is 97.2 Å². The average molecular weight is 1000 g/mol. The van der Waals surface area contributed by atoms with Crippen molar-refractivity contribution in [3.05, 3.63) is 97.2 Å². The Hall–Kier alpha value is -3.60. The maximum Gasteiger partial charge on any atom is 0.472 e. The summed E-state index contributed by atoms with van der Waals surface area (Å²) < 4.78 is 27.0. The van der Waals surface area contributed by atoms with E-state index >= 15 is 0 Å². The molecule has 3 atom stereocenters. The number of ether oxygens (including phenoxy) is 1. The number of carbonyl (C=O) groups excluding carboxylic acids is 2. The number of allylic oxidation sites excluding steroid dienone is 16. The Morgan fingerprint density at radius 2 is 0.829 bits per heavy atom. The number of rotatable bonds is 50. The van der Waals surface area contributed by atoms with Gasteiger partial charge in [-0.05, 0) is 96.3 Å². The summed E-state index contributed by atoms with van der Waals surface area (Å²) in [5, 5.41) is 22.0. The molecule has 0 aliphatic carbocycles. The smallest absolute Gasteiger partial charge is 0.472 e. The van der Waals surface area contributed by atoms with Crippen LogP contribution in [0.1, 0.15) is 219 Å². The van der Waals surface area contributed by atoms with E-state index in [2.05, 4.69) is 116 Å². The van der Waals surface area contributed by atoms with Gasteiger partial charge in [0.25, 0.3) is 0 Å². The van der Waals surface area contributed by atoms with E-state index in [1.54, 1.807) is 0 Å². The Labute approximate surface area is 425 Å². The number of phosphoric acid groups is 1. The zero-order valence-electron chi connectivity index (χ0n) is 43.8. The van der Waals surface area contributed by atoms with Gasteiger partial charge in [0, 0.05) is 12.8 Å². The molecule has 0 aromatic heterocycles. The van der Waals surface area contributed by atoms with Gasteiger partial charge in [-0.2, -0.15) is 0 Å². The van der Waals surface area contributed by atoms with Crippen LogP contribution in [-0.2, 0) is 32.7 Å². The molecule has 0 aliphatic heterocycles. The van der Waals surface area contributed by atoms with Crippen molar-refractivity contribution in [2.75, 3.05) is 19.8 Å². The molecule has 12 heteroatoms. The zero-order valence-corrected chi connectivity index (χ0v) is 44.7. The highest BCUT2D eigenvalue weighted by Gasteiger charge is 2.28. The topological polar surface area (TPSA) is 169 Å². The fraction of sp³-hybridized carbons (Fsp3) is 0.672. The molecule has 70 heavy (non-hydrogen) atoms. The largest absolute Gasteiger partial charge is 0.480 e. The summed E-state index contributed by atoms with van der Waals surface area (Å²) in [5.74, 6) is -2.39. The first-order chi connectivity index (χ1) is 34.1. The quantitative estimate of drug-likeness (QED) is 0.0199.